The minimum Gasteiger partial charge on any atom is -0.289 e. The molecule has 1 rings (SSSR count). The molecular formula is C6H7F3N4O. The van der Waals surface area contributed by atoms with Gasteiger partial charge >= 0.3 is 6.18 Å². The maximum Gasteiger partial charge on any atom is 0.435 e. The summed E-state index contributed by atoms with van der Waals surface area (Å²) in [6.07, 6.45) is -4.56. The molecule has 14 heavy (non-hydrogen) atoms. The van der Waals surface area contributed by atoms with Gasteiger partial charge in [0.25, 0.3) is 5.91 Å². The smallest absolute Gasteiger partial charge is 0.289 e. The Balaban J connectivity index is 3.12. The van der Waals surface area contributed by atoms with Crippen LogP contribution in [0.25, 0.3) is 0 Å². The molecule has 0 saturated carbocycles. The fourth-order valence-electron chi connectivity index (χ4n) is 0.892. The highest BCUT2D eigenvalue weighted by Gasteiger charge is 2.35. The van der Waals surface area contributed by atoms with Gasteiger partial charge in [0, 0.05) is 13.1 Å². The molecule has 0 aliphatic rings. The van der Waals surface area contributed by atoms with Crippen molar-refractivity contribution in [1.82, 2.24) is 15.2 Å². The molecule has 3 N–H and O–H groups in total. The summed E-state index contributed by atoms with van der Waals surface area (Å²) < 4.78 is 37.1. The number of halogens is 3. The van der Waals surface area contributed by atoms with Crippen molar-refractivity contribution in [3.05, 3.63) is 17.5 Å². The van der Waals surface area contributed by atoms with Crippen LogP contribution in [0.5, 0.6) is 0 Å². The number of amides is 1. The average molecular weight is 208 g/mol. The minimum atomic E-state index is -4.56. The van der Waals surface area contributed by atoms with E-state index in [1.54, 1.807) is 5.43 Å². The molecule has 1 heterocycles. The number of hydrogen-bond acceptors (Lipinski definition) is 3. The van der Waals surface area contributed by atoms with Gasteiger partial charge in [0.15, 0.2) is 5.69 Å². The molecule has 8 heteroatoms. The second-order valence-electron chi connectivity index (χ2n) is 2.51. The van der Waals surface area contributed by atoms with Crippen LogP contribution in [0.3, 0.4) is 0 Å². The zero-order valence-corrected chi connectivity index (χ0v) is 7.09. The quantitative estimate of drug-likeness (QED) is 0.389. The fraction of sp³-hybridized carbons (Fsp3) is 0.333. The molecule has 0 unspecified atom stereocenters. The molecule has 0 saturated heterocycles. The lowest BCUT2D eigenvalue weighted by Gasteiger charge is -1.98. The predicted octanol–water partition coefficient (Wildman–Crippen LogP) is 0.0424. The van der Waals surface area contributed by atoms with Gasteiger partial charge in [-0.05, 0) is 0 Å². The fourth-order valence-corrected chi connectivity index (χ4v) is 0.892. The highest BCUT2D eigenvalue weighted by molar-refractivity contribution is 5.92. The molecule has 5 nitrogen and oxygen atoms in total. The van der Waals surface area contributed by atoms with Crippen LogP contribution in [-0.4, -0.2) is 15.7 Å². The summed E-state index contributed by atoms with van der Waals surface area (Å²) in [7, 11) is 1.22. The van der Waals surface area contributed by atoms with Crippen LogP contribution < -0.4 is 11.3 Å². The number of carbonyl (C=O) groups excluding carboxylic acids is 1. The predicted molar refractivity (Wildman–Crippen MR) is 39.9 cm³/mol. The van der Waals surface area contributed by atoms with Gasteiger partial charge in [-0.25, -0.2) is 5.84 Å². The van der Waals surface area contributed by atoms with Gasteiger partial charge in [0.05, 0.1) is 0 Å². The number of aromatic nitrogens is 2. The Bertz CT molecular complexity index is 356. The summed E-state index contributed by atoms with van der Waals surface area (Å²) in [5.41, 5.74) is 0.343. The van der Waals surface area contributed by atoms with Crippen LogP contribution in [0.1, 0.15) is 16.2 Å². The van der Waals surface area contributed by atoms with Gasteiger partial charge < -0.3 is 0 Å². The van der Waals surface area contributed by atoms with Gasteiger partial charge in [-0.3, -0.25) is 14.9 Å². The number of carbonyl (C=O) groups is 1. The van der Waals surface area contributed by atoms with Crippen LogP contribution >= 0.6 is 0 Å². The number of alkyl halides is 3. The van der Waals surface area contributed by atoms with Crippen molar-refractivity contribution < 1.29 is 18.0 Å². The van der Waals surface area contributed by atoms with Gasteiger partial charge in [-0.15, -0.1) is 0 Å². The third kappa shape index (κ3) is 1.84. The van der Waals surface area contributed by atoms with E-state index < -0.39 is 17.8 Å². The molecule has 0 atom stereocenters. The van der Waals surface area contributed by atoms with Crippen molar-refractivity contribution in [1.29, 1.82) is 0 Å². The molecule has 0 aliphatic heterocycles. The summed E-state index contributed by atoms with van der Waals surface area (Å²) in [4.78, 5) is 10.9. The molecule has 0 radical (unpaired) electrons. The number of nitrogen functional groups attached to an aromatic ring is 1. The zero-order chi connectivity index (χ0) is 10.9. The van der Waals surface area contributed by atoms with Crippen LogP contribution in [-0.2, 0) is 13.2 Å². The van der Waals surface area contributed by atoms with E-state index in [2.05, 4.69) is 5.10 Å². The van der Waals surface area contributed by atoms with Gasteiger partial charge in [-0.1, -0.05) is 0 Å². The summed E-state index contributed by atoms with van der Waals surface area (Å²) in [5, 5.41) is 3.13. The lowest BCUT2D eigenvalue weighted by Crippen LogP contribution is -2.31. The third-order valence-corrected chi connectivity index (χ3v) is 1.53. The van der Waals surface area contributed by atoms with E-state index in [0.717, 1.165) is 4.68 Å². The Hall–Kier alpha value is -1.57. The topological polar surface area (TPSA) is 72.9 Å². The number of hydrogen-bond donors (Lipinski definition) is 2. The summed E-state index contributed by atoms with van der Waals surface area (Å²) in [6.45, 7) is 0. The maximum atomic E-state index is 12.1. The van der Waals surface area contributed by atoms with E-state index in [9.17, 15) is 18.0 Å². The molecule has 1 aromatic rings. The Labute approximate surface area is 76.7 Å². The SMILES string of the molecule is Cn1nc(C(F)(F)F)cc1C(=O)NN. The van der Waals surface area contributed by atoms with Crippen molar-refractivity contribution >= 4 is 5.91 Å². The van der Waals surface area contributed by atoms with E-state index in [0.29, 0.717) is 6.07 Å². The molecule has 0 aliphatic carbocycles. The third-order valence-electron chi connectivity index (χ3n) is 1.53. The van der Waals surface area contributed by atoms with E-state index in [4.69, 9.17) is 5.84 Å². The van der Waals surface area contributed by atoms with Crippen molar-refractivity contribution in [2.75, 3.05) is 0 Å². The van der Waals surface area contributed by atoms with Crippen molar-refractivity contribution in [3.8, 4) is 0 Å². The normalized spacial score (nSPS) is 11.5. The van der Waals surface area contributed by atoms with Crippen LogP contribution in [0, 0.1) is 0 Å². The zero-order valence-electron chi connectivity index (χ0n) is 7.09. The van der Waals surface area contributed by atoms with Crippen molar-refractivity contribution in [2.45, 2.75) is 6.18 Å². The number of rotatable bonds is 1. The Morgan fingerprint density at radius 2 is 2.21 bits per heavy atom. The van der Waals surface area contributed by atoms with E-state index in [1.807, 2.05) is 0 Å². The summed E-state index contributed by atoms with van der Waals surface area (Å²) in [5.74, 6) is 3.95. The summed E-state index contributed by atoms with van der Waals surface area (Å²) in [6, 6.07) is 0.627. The van der Waals surface area contributed by atoms with Crippen LogP contribution in [0.4, 0.5) is 13.2 Å². The summed E-state index contributed by atoms with van der Waals surface area (Å²) >= 11 is 0. The first-order valence-corrected chi connectivity index (χ1v) is 3.48. The number of nitrogens with one attached hydrogen (secondary N) is 1. The first-order valence-electron chi connectivity index (χ1n) is 3.48. The molecular weight excluding hydrogens is 201 g/mol. The van der Waals surface area contributed by atoms with Crippen molar-refractivity contribution in [3.63, 3.8) is 0 Å². The second-order valence-corrected chi connectivity index (χ2v) is 2.51. The maximum absolute atomic E-state index is 12.1. The number of hydrazine groups is 1. The molecule has 1 aromatic heterocycles. The number of nitrogens with two attached hydrogens (primary N) is 1. The van der Waals surface area contributed by atoms with Crippen LogP contribution in [0.2, 0.25) is 0 Å². The Kier molecular flexibility index (Phi) is 2.47. The van der Waals surface area contributed by atoms with Crippen molar-refractivity contribution in [2.24, 2.45) is 12.9 Å². The first-order chi connectivity index (χ1) is 6.36. The molecule has 78 valence electrons. The molecule has 0 fully saturated rings. The number of aryl methyl sites for hydroxylation is 1. The largest absolute Gasteiger partial charge is 0.435 e. The van der Waals surface area contributed by atoms with E-state index in [-0.39, 0.29) is 5.69 Å². The van der Waals surface area contributed by atoms with Gasteiger partial charge in [0.1, 0.15) is 5.69 Å². The van der Waals surface area contributed by atoms with Crippen LogP contribution in [0.15, 0.2) is 6.07 Å². The standard InChI is InChI=1S/C6H7F3N4O/c1-13-3(5(14)11-10)2-4(12-13)6(7,8)9/h2H,10H2,1H3,(H,11,14). The monoisotopic (exact) mass is 208 g/mol. The lowest BCUT2D eigenvalue weighted by atomic mass is 10.3. The number of nitrogens with zero attached hydrogens (tertiary/aromatic N) is 2. The van der Waals surface area contributed by atoms with Gasteiger partial charge in [0.2, 0.25) is 0 Å². The minimum absolute atomic E-state index is 0.250. The molecule has 0 bridgehead atoms. The molecule has 0 spiro atoms. The molecule has 1 amide bonds. The average Bonchev–Trinajstić information content (AvgIpc) is 2.45. The highest BCUT2D eigenvalue weighted by atomic mass is 19.4. The Morgan fingerprint density at radius 1 is 1.64 bits per heavy atom. The van der Waals surface area contributed by atoms with Gasteiger partial charge in [-0.2, -0.15) is 18.3 Å². The first kappa shape index (κ1) is 10.5. The van der Waals surface area contributed by atoms with E-state index in [1.165, 1.54) is 7.05 Å². The molecule has 0 aromatic carbocycles. The Morgan fingerprint density at radius 3 is 2.57 bits per heavy atom. The van der Waals surface area contributed by atoms with E-state index >= 15 is 0 Å². The second kappa shape index (κ2) is 3.29. The highest BCUT2D eigenvalue weighted by Crippen LogP contribution is 2.28. The lowest BCUT2D eigenvalue weighted by molar-refractivity contribution is -0.141.